The Bertz CT molecular complexity index is 1020. The Kier molecular flexibility index (Phi) is 9.37. The minimum Gasteiger partial charge on any atom is -0.416 e. The van der Waals surface area contributed by atoms with Gasteiger partial charge in [-0.25, -0.2) is 4.79 Å². The number of nitrogens with one attached hydrogen (secondary N) is 1. The van der Waals surface area contributed by atoms with E-state index in [1.807, 2.05) is 6.92 Å². The molecule has 0 saturated carbocycles. The van der Waals surface area contributed by atoms with Gasteiger partial charge < -0.3 is 23.7 Å². The molecule has 0 radical (unpaired) electrons. The second-order valence-corrected chi connectivity index (χ2v) is 7.85. The lowest BCUT2D eigenvalue weighted by atomic mass is 9.99. The van der Waals surface area contributed by atoms with Crippen LogP contribution in [-0.4, -0.2) is 57.6 Å². The molecular weight excluding hydrogens is 483 g/mol. The Hall–Kier alpha value is -3.06. The molecule has 1 aliphatic heterocycles. The molecule has 5 atom stereocenters. The first-order chi connectivity index (χ1) is 17.2. The van der Waals surface area contributed by atoms with E-state index in [0.717, 1.165) is 12.1 Å². The van der Waals surface area contributed by atoms with Crippen molar-refractivity contribution in [1.29, 1.82) is 0 Å². The Morgan fingerprint density at radius 3 is 2.00 bits per heavy atom. The fourth-order valence-electron chi connectivity index (χ4n) is 3.72. The number of alkyl halides is 3. The molecule has 1 N–H and O–H groups in total. The predicted octanol–water partition coefficient (Wildman–Crippen LogP) is 5.85. The quantitative estimate of drug-likeness (QED) is 0.447. The molecule has 1 saturated heterocycles. The van der Waals surface area contributed by atoms with Crippen LogP contribution in [-0.2, 0) is 29.9 Å². The zero-order chi connectivity index (χ0) is 26.3. The van der Waals surface area contributed by atoms with Crippen molar-refractivity contribution in [3.8, 4) is 0 Å². The molecule has 9 nitrogen and oxygen atoms in total. The highest BCUT2D eigenvalue weighted by Gasteiger charge is 2.47. The third-order valence-corrected chi connectivity index (χ3v) is 5.44. The van der Waals surface area contributed by atoms with Gasteiger partial charge in [0, 0.05) is 26.5 Å². The maximum Gasteiger partial charge on any atom is 0.416 e. The predicted molar refractivity (Wildman–Crippen MR) is 124 cm³/mol. The van der Waals surface area contributed by atoms with Crippen LogP contribution in [0.3, 0.4) is 0 Å². The van der Waals surface area contributed by atoms with E-state index in [1.165, 1.54) is 19.2 Å². The van der Waals surface area contributed by atoms with E-state index in [-0.39, 0.29) is 5.69 Å². The summed E-state index contributed by atoms with van der Waals surface area (Å²) in [6.45, 7) is 4.05. The molecule has 2 aromatic rings. The van der Waals surface area contributed by atoms with Crippen molar-refractivity contribution >= 4 is 23.2 Å². The number of ether oxygens (including phenoxy) is 5. The molecule has 1 fully saturated rings. The second kappa shape index (κ2) is 12.3. The number of carbonyl (C=O) groups excluding carboxylic acids is 1. The second-order valence-electron chi connectivity index (χ2n) is 7.85. The summed E-state index contributed by atoms with van der Waals surface area (Å²) in [5, 5.41) is 10.5. The fourth-order valence-corrected chi connectivity index (χ4v) is 3.72. The highest BCUT2D eigenvalue weighted by Crippen LogP contribution is 2.31. The van der Waals surface area contributed by atoms with Gasteiger partial charge in [0.2, 0.25) is 6.29 Å². The third-order valence-electron chi connectivity index (χ3n) is 5.44. The van der Waals surface area contributed by atoms with Gasteiger partial charge in [-0.2, -0.15) is 23.4 Å². The van der Waals surface area contributed by atoms with Crippen LogP contribution in [0.5, 0.6) is 0 Å². The third kappa shape index (κ3) is 7.00. The van der Waals surface area contributed by atoms with Gasteiger partial charge >= 0.3 is 12.3 Å². The minimum absolute atomic E-state index is 0.268. The standard InChI is InChI=1S/C24H28F3N3O6/c1-5-34-20-19(32-3)14(2)35-22(21(20)33-4)36-23(31)28-16-10-12-18(13-11-16)30-29-17-8-6-15(7-9-17)24(25,26)27/h6-14,19-22H,5H2,1-4H3,(H,28,31)/t14-,19-,20+,21+,22-/m0/s1. The molecular formula is C24H28F3N3O6. The maximum atomic E-state index is 12.6. The van der Waals surface area contributed by atoms with E-state index in [0.29, 0.717) is 18.0 Å². The van der Waals surface area contributed by atoms with E-state index in [2.05, 4.69) is 15.5 Å². The number of anilines is 1. The molecule has 0 unspecified atom stereocenters. The van der Waals surface area contributed by atoms with Crippen molar-refractivity contribution in [2.75, 3.05) is 26.1 Å². The summed E-state index contributed by atoms with van der Waals surface area (Å²) >= 11 is 0. The van der Waals surface area contributed by atoms with Gasteiger partial charge in [-0.1, -0.05) is 0 Å². The fraction of sp³-hybridized carbons (Fsp3) is 0.458. The summed E-state index contributed by atoms with van der Waals surface area (Å²) < 4.78 is 65.9. The monoisotopic (exact) mass is 511 g/mol. The van der Waals surface area contributed by atoms with Crippen molar-refractivity contribution in [1.82, 2.24) is 0 Å². The summed E-state index contributed by atoms with van der Waals surface area (Å²) in [7, 11) is 3.01. The Morgan fingerprint density at radius 2 is 1.50 bits per heavy atom. The molecule has 2 aromatic carbocycles. The minimum atomic E-state index is -4.41. The van der Waals surface area contributed by atoms with Crippen LogP contribution in [0.2, 0.25) is 0 Å². The number of hydrogen-bond acceptors (Lipinski definition) is 8. The van der Waals surface area contributed by atoms with E-state index in [9.17, 15) is 18.0 Å². The topological polar surface area (TPSA) is 100.0 Å². The normalized spacial score (nSPS) is 24.6. The van der Waals surface area contributed by atoms with Crippen LogP contribution < -0.4 is 5.32 Å². The van der Waals surface area contributed by atoms with Crippen LogP contribution in [0.15, 0.2) is 58.8 Å². The Balaban J connectivity index is 1.59. The van der Waals surface area contributed by atoms with Gasteiger partial charge in [0.1, 0.15) is 18.3 Å². The molecule has 12 heteroatoms. The number of methoxy groups -OCH3 is 2. The largest absolute Gasteiger partial charge is 0.416 e. The van der Waals surface area contributed by atoms with E-state index in [4.69, 9.17) is 23.7 Å². The van der Waals surface area contributed by atoms with Crippen molar-refractivity contribution < 1.29 is 41.7 Å². The first-order valence-electron chi connectivity index (χ1n) is 11.2. The molecule has 1 aliphatic rings. The van der Waals surface area contributed by atoms with Gasteiger partial charge in [0.05, 0.1) is 23.0 Å². The van der Waals surface area contributed by atoms with Gasteiger partial charge in [0.15, 0.2) is 0 Å². The number of carbonyl (C=O) groups is 1. The van der Waals surface area contributed by atoms with E-state index < -0.39 is 48.5 Å². The number of rotatable bonds is 8. The van der Waals surface area contributed by atoms with Crippen LogP contribution in [0.4, 0.5) is 35.0 Å². The van der Waals surface area contributed by atoms with Gasteiger partial charge in [-0.3, -0.25) is 5.32 Å². The summed E-state index contributed by atoms with van der Waals surface area (Å²) in [6, 6.07) is 10.6. The molecule has 3 rings (SSSR count). The average Bonchev–Trinajstić information content (AvgIpc) is 2.84. The molecule has 1 heterocycles. The van der Waals surface area contributed by atoms with Crippen LogP contribution in [0.1, 0.15) is 19.4 Å². The number of halogens is 3. The maximum absolute atomic E-state index is 12.6. The van der Waals surface area contributed by atoms with Gasteiger partial charge in [-0.15, -0.1) is 0 Å². The molecule has 36 heavy (non-hydrogen) atoms. The zero-order valence-electron chi connectivity index (χ0n) is 20.2. The van der Waals surface area contributed by atoms with Crippen LogP contribution in [0.25, 0.3) is 0 Å². The smallest absolute Gasteiger partial charge is 0.416 e. The summed E-state index contributed by atoms with van der Waals surface area (Å²) in [5.74, 6) is 0. The van der Waals surface area contributed by atoms with Crippen molar-refractivity contribution in [2.45, 2.75) is 50.7 Å². The molecule has 196 valence electrons. The van der Waals surface area contributed by atoms with Crippen molar-refractivity contribution in [2.24, 2.45) is 10.2 Å². The van der Waals surface area contributed by atoms with Crippen LogP contribution in [0, 0.1) is 0 Å². The zero-order valence-corrected chi connectivity index (χ0v) is 20.2. The Morgan fingerprint density at radius 1 is 0.944 bits per heavy atom. The number of hydrogen-bond donors (Lipinski definition) is 1. The van der Waals surface area contributed by atoms with E-state index >= 15 is 0 Å². The lowest BCUT2D eigenvalue weighted by Crippen LogP contribution is -2.60. The van der Waals surface area contributed by atoms with Crippen molar-refractivity contribution in [3.63, 3.8) is 0 Å². The van der Waals surface area contributed by atoms with Crippen molar-refractivity contribution in [3.05, 3.63) is 54.1 Å². The molecule has 0 aromatic heterocycles. The number of benzene rings is 2. The average molecular weight is 511 g/mol. The highest BCUT2D eigenvalue weighted by atomic mass is 19.4. The molecule has 0 bridgehead atoms. The lowest BCUT2D eigenvalue weighted by Gasteiger charge is -2.43. The first-order valence-corrected chi connectivity index (χ1v) is 11.2. The van der Waals surface area contributed by atoms with Gasteiger partial charge in [0.25, 0.3) is 0 Å². The molecule has 1 amide bonds. The SMILES string of the molecule is CCO[C@@H]1[C@@H](OC)[C@H](C)O[C@@H](OC(=O)Nc2ccc(N=Nc3ccc(C(F)(F)F)cc3)cc2)[C@@H]1OC. The van der Waals surface area contributed by atoms with Crippen LogP contribution >= 0.6 is 0 Å². The molecule has 0 aliphatic carbocycles. The highest BCUT2D eigenvalue weighted by molar-refractivity contribution is 5.84. The number of amides is 1. The number of azo groups is 1. The summed E-state index contributed by atoms with van der Waals surface area (Å²) in [5.41, 5.74) is 0.357. The summed E-state index contributed by atoms with van der Waals surface area (Å²) in [6.07, 6.45) is -8.22. The van der Waals surface area contributed by atoms with E-state index in [1.54, 1.807) is 38.3 Å². The molecule has 0 spiro atoms. The van der Waals surface area contributed by atoms with Gasteiger partial charge in [-0.05, 0) is 62.4 Å². The summed E-state index contributed by atoms with van der Waals surface area (Å²) in [4.78, 5) is 12.5. The number of nitrogens with zero attached hydrogens (tertiary/aromatic N) is 2. The lowest BCUT2D eigenvalue weighted by molar-refractivity contribution is -0.292. The Labute approximate surface area is 206 Å². The first kappa shape index (κ1) is 27.5.